The van der Waals surface area contributed by atoms with E-state index in [-0.39, 0.29) is 37.3 Å². The number of hydrogen-bond donors (Lipinski definition) is 3. The van der Waals surface area contributed by atoms with Crippen molar-refractivity contribution in [1.82, 2.24) is 26.0 Å². The molecule has 0 aromatic heterocycles. The van der Waals surface area contributed by atoms with Crippen LogP contribution >= 0.6 is 0 Å². The Bertz CT molecular complexity index is 702. The lowest BCUT2D eigenvalue weighted by molar-refractivity contribution is -0.136. The number of carbonyl (C=O) groups excluding carboxylic acids is 2. The number of halogens is 2. The third-order valence-electron chi connectivity index (χ3n) is 5.05. The van der Waals surface area contributed by atoms with Gasteiger partial charge in [-0.1, -0.05) is 12.1 Å². The largest absolute Gasteiger partial charge is 0.336 e. The van der Waals surface area contributed by atoms with Gasteiger partial charge < -0.3 is 15.1 Å². The summed E-state index contributed by atoms with van der Waals surface area (Å²) in [7, 11) is 3.23. The molecule has 2 heterocycles. The quantitative estimate of drug-likeness (QED) is 0.721. The predicted molar refractivity (Wildman–Crippen MR) is 95.9 cm³/mol. The van der Waals surface area contributed by atoms with Gasteiger partial charge in [-0.05, 0) is 17.7 Å². The number of carbonyl (C=O) groups is 2. The molecule has 0 radical (unpaired) electrons. The van der Waals surface area contributed by atoms with Crippen LogP contribution in [0.3, 0.4) is 0 Å². The molecule has 3 N–H and O–H groups in total. The fraction of sp³-hybridized carbons (Fsp3) is 0.556. The Morgan fingerprint density at radius 3 is 2.85 bits per heavy atom. The number of rotatable bonds is 4. The minimum atomic E-state index is -1.12. The van der Waals surface area contributed by atoms with E-state index in [0.29, 0.717) is 12.1 Å². The number of urea groups is 1. The lowest BCUT2D eigenvalue weighted by Crippen LogP contribution is -2.48. The second kappa shape index (κ2) is 8.18. The third kappa shape index (κ3) is 4.36. The molecular formula is C18H25F2N5O2. The van der Waals surface area contributed by atoms with Crippen LogP contribution in [0.1, 0.15) is 18.0 Å². The molecule has 3 amide bonds. The molecule has 7 nitrogen and oxygen atoms in total. The SMILES string of the molecule is CN(C)C(=O)NC[C@@H]1C[C@H](F)CN1C(=O)C1CNNC1c1cccc(F)c1. The number of benzene rings is 1. The Labute approximate surface area is 157 Å². The standard InChI is InChI=1S/C18H25F2N5O2/c1-24(2)18(27)21-8-14-7-13(20)10-25(14)17(26)15-9-22-23-16(15)11-4-3-5-12(19)6-11/h3-6,13-16,22-23H,7-10H2,1-2H3,(H,21,27)/t13-,14-,15?,16?/m0/s1. The summed E-state index contributed by atoms with van der Waals surface area (Å²) >= 11 is 0. The Hall–Kier alpha value is -2.26. The Balaban J connectivity index is 1.71. The van der Waals surface area contributed by atoms with E-state index in [1.807, 2.05) is 0 Å². The monoisotopic (exact) mass is 381 g/mol. The van der Waals surface area contributed by atoms with Crippen molar-refractivity contribution in [3.8, 4) is 0 Å². The summed E-state index contributed by atoms with van der Waals surface area (Å²) in [5, 5.41) is 2.72. The topological polar surface area (TPSA) is 76.7 Å². The molecule has 0 saturated carbocycles. The molecule has 0 spiro atoms. The number of hydrogen-bond acceptors (Lipinski definition) is 4. The zero-order chi connectivity index (χ0) is 19.6. The molecule has 27 heavy (non-hydrogen) atoms. The molecule has 0 bridgehead atoms. The number of amides is 3. The maximum Gasteiger partial charge on any atom is 0.316 e. The highest BCUT2D eigenvalue weighted by atomic mass is 19.1. The summed E-state index contributed by atoms with van der Waals surface area (Å²) in [5.74, 6) is -1.06. The van der Waals surface area contributed by atoms with E-state index in [1.165, 1.54) is 21.9 Å². The van der Waals surface area contributed by atoms with Gasteiger partial charge in [0.1, 0.15) is 12.0 Å². The van der Waals surface area contributed by atoms with E-state index in [2.05, 4.69) is 16.2 Å². The van der Waals surface area contributed by atoms with Crippen LogP contribution in [-0.2, 0) is 4.79 Å². The van der Waals surface area contributed by atoms with Gasteiger partial charge in [0.05, 0.1) is 24.5 Å². The van der Waals surface area contributed by atoms with Crippen LogP contribution in [0.25, 0.3) is 0 Å². The molecule has 2 aliphatic heterocycles. The maximum absolute atomic E-state index is 14.0. The van der Waals surface area contributed by atoms with Crippen molar-refractivity contribution < 1.29 is 18.4 Å². The average molecular weight is 381 g/mol. The fourth-order valence-electron chi connectivity index (χ4n) is 3.64. The van der Waals surface area contributed by atoms with E-state index >= 15 is 0 Å². The summed E-state index contributed by atoms with van der Waals surface area (Å²) in [5.41, 5.74) is 6.62. The number of nitrogens with one attached hydrogen (secondary N) is 3. The fourth-order valence-corrected chi connectivity index (χ4v) is 3.64. The van der Waals surface area contributed by atoms with Crippen LogP contribution < -0.4 is 16.2 Å². The lowest BCUT2D eigenvalue weighted by atomic mass is 9.93. The number of nitrogens with zero attached hydrogens (tertiary/aromatic N) is 2. The molecule has 2 fully saturated rings. The highest BCUT2D eigenvalue weighted by Crippen LogP contribution is 2.30. The van der Waals surface area contributed by atoms with E-state index in [4.69, 9.17) is 0 Å². The summed E-state index contributed by atoms with van der Waals surface area (Å²) in [6.45, 7) is 0.569. The van der Waals surface area contributed by atoms with Gasteiger partial charge in [-0.25, -0.2) is 19.0 Å². The van der Waals surface area contributed by atoms with Gasteiger partial charge in [-0.15, -0.1) is 0 Å². The predicted octanol–water partition coefficient (Wildman–Crippen LogP) is 0.801. The molecular weight excluding hydrogens is 356 g/mol. The van der Waals surface area contributed by atoms with Crippen LogP contribution in [0.15, 0.2) is 24.3 Å². The van der Waals surface area contributed by atoms with Crippen LogP contribution in [-0.4, -0.2) is 67.7 Å². The first kappa shape index (κ1) is 19.5. The lowest BCUT2D eigenvalue weighted by Gasteiger charge is -2.29. The van der Waals surface area contributed by atoms with Crippen LogP contribution in [0.5, 0.6) is 0 Å². The highest BCUT2D eigenvalue weighted by Gasteiger charge is 2.42. The van der Waals surface area contributed by atoms with E-state index in [1.54, 1.807) is 26.2 Å². The van der Waals surface area contributed by atoms with Crippen molar-refractivity contribution in [2.75, 3.05) is 33.7 Å². The molecule has 148 valence electrons. The van der Waals surface area contributed by atoms with Crippen LogP contribution in [0.4, 0.5) is 13.6 Å². The molecule has 0 aliphatic carbocycles. The third-order valence-corrected chi connectivity index (χ3v) is 5.05. The second-order valence-corrected chi connectivity index (χ2v) is 7.22. The van der Waals surface area contributed by atoms with Gasteiger partial charge in [-0.3, -0.25) is 10.2 Å². The molecule has 2 aliphatic rings. The van der Waals surface area contributed by atoms with Crippen molar-refractivity contribution in [2.45, 2.75) is 24.7 Å². The minimum absolute atomic E-state index is 0.00764. The number of hydrazine groups is 1. The van der Waals surface area contributed by atoms with Crippen molar-refractivity contribution in [1.29, 1.82) is 0 Å². The maximum atomic E-state index is 14.0. The van der Waals surface area contributed by atoms with Gasteiger partial charge in [0, 0.05) is 33.6 Å². The summed E-state index contributed by atoms with van der Waals surface area (Å²) in [4.78, 5) is 27.8. The van der Waals surface area contributed by atoms with Gasteiger partial charge in [0.25, 0.3) is 0 Å². The zero-order valence-electron chi connectivity index (χ0n) is 15.4. The van der Waals surface area contributed by atoms with Gasteiger partial charge in [0.2, 0.25) is 5.91 Å². The minimum Gasteiger partial charge on any atom is -0.336 e. The molecule has 3 rings (SSSR count). The number of likely N-dealkylation sites (tertiary alicyclic amines) is 1. The van der Waals surface area contributed by atoms with Gasteiger partial charge in [-0.2, -0.15) is 0 Å². The highest BCUT2D eigenvalue weighted by molar-refractivity contribution is 5.81. The average Bonchev–Trinajstić information content (AvgIpc) is 3.25. The second-order valence-electron chi connectivity index (χ2n) is 7.22. The van der Waals surface area contributed by atoms with Gasteiger partial charge in [0.15, 0.2) is 0 Å². The molecule has 1 aromatic rings. The van der Waals surface area contributed by atoms with E-state index < -0.39 is 24.2 Å². The molecule has 4 atom stereocenters. The smallest absolute Gasteiger partial charge is 0.316 e. The van der Waals surface area contributed by atoms with Crippen molar-refractivity contribution in [3.05, 3.63) is 35.6 Å². The van der Waals surface area contributed by atoms with Crippen molar-refractivity contribution in [3.63, 3.8) is 0 Å². The summed E-state index contributed by atoms with van der Waals surface area (Å²) in [6.07, 6.45) is -0.928. The molecule has 2 saturated heterocycles. The molecule has 9 heteroatoms. The Kier molecular flexibility index (Phi) is 5.91. The first-order chi connectivity index (χ1) is 12.9. The summed E-state index contributed by atoms with van der Waals surface area (Å²) < 4.78 is 27.6. The Morgan fingerprint density at radius 1 is 1.37 bits per heavy atom. The number of alkyl halides is 1. The Morgan fingerprint density at radius 2 is 2.15 bits per heavy atom. The molecule has 2 unspecified atom stereocenters. The van der Waals surface area contributed by atoms with Crippen molar-refractivity contribution in [2.24, 2.45) is 5.92 Å². The first-order valence-corrected chi connectivity index (χ1v) is 9.00. The zero-order valence-corrected chi connectivity index (χ0v) is 15.4. The van der Waals surface area contributed by atoms with Crippen LogP contribution in [0.2, 0.25) is 0 Å². The normalized spacial score (nSPS) is 27.6. The van der Waals surface area contributed by atoms with Crippen molar-refractivity contribution >= 4 is 11.9 Å². The molecule has 1 aromatic carbocycles. The van der Waals surface area contributed by atoms with E-state index in [0.717, 1.165) is 0 Å². The summed E-state index contributed by atoms with van der Waals surface area (Å²) in [6, 6.07) is 5.01. The van der Waals surface area contributed by atoms with Crippen LogP contribution in [0, 0.1) is 11.7 Å². The van der Waals surface area contributed by atoms with E-state index in [9.17, 15) is 18.4 Å². The van der Waals surface area contributed by atoms with Gasteiger partial charge >= 0.3 is 6.03 Å². The first-order valence-electron chi connectivity index (χ1n) is 9.00.